The van der Waals surface area contributed by atoms with Crippen LogP contribution in [-0.4, -0.2) is 19.7 Å². The molecule has 0 unspecified atom stereocenters. The summed E-state index contributed by atoms with van der Waals surface area (Å²) in [6, 6.07) is 3.89. The van der Waals surface area contributed by atoms with E-state index in [1.54, 1.807) is 6.20 Å². The van der Waals surface area contributed by atoms with Crippen LogP contribution < -0.4 is 5.73 Å². The van der Waals surface area contributed by atoms with E-state index in [0.717, 1.165) is 29.3 Å². The summed E-state index contributed by atoms with van der Waals surface area (Å²) in [4.78, 5) is 8.76. The van der Waals surface area contributed by atoms with Gasteiger partial charge in [-0.05, 0) is 18.1 Å². The van der Waals surface area contributed by atoms with Gasteiger partial charge in [0.2, 0.25) is 0 Å². The Hall–Kier alpha value is -1.75. The third kappa shape index (κ3) is 2.73. The van der Waals surface area contributed by atoms with Gasteiger partial charge in [0.05, 0.1) is 5.69 Å². The average molecular weight is 245 g/mol. The van der Waals surface area contributed by atoms with E-state index in [4.69, 9.17) is 5.73 Å². The summed E-state index contributed by atoms with van der Waals surface area (Å²) in [5.41, 5.74) is 7.47. The molecule has 2 heterocycles. The van der Waals surface area contributed by atoms with E-state index >= 15 is 0 Å². The van der Waals surface area contributed by atoms with Crippen molar-refractivity contribution in [2.75, 3.05) is 0 Å². The van der Waals surface area contributed by atoms with Gasteiger partial charge in [-0.1, -0.05) is 13.8 Å². The second kappa shape index (κ2) is 5.27. The van der Waals surface area contributed by atoms with Gasteiger partial charge in [-0.25, -0.2) is 9.67 Å². The Balaban J connectivity index is 2.34. The smallest absolute Gasteiger partial charge is 0.158 e. The van der Waals surface area contributed by atoms with Gasteiger partial charge in [-0.3, -0.25) is 4.98 Å². The molecule has 96 valence electrons. The summed E-state index contributed by atoms with van der Waals surface area (Å²) in [5.74, 6) is 2.30. The van der Waals surface area contributed by atoms with Crippen molar-refractivity contribution in [2.45, 2.75) is 26.8 Å². The Morgan fingerprint density at radius 2 is 2.17 bits per heavy atom. The predicted molar refractivity (Wildman–Crippen MR) is 70.7 cm³/mol. The lowest BCUT2D eigenvalue weighted by atomic mass is 10.1. The Kier molecular flexibility index (Phi) is 3.72. The molecule has 0 fully saturated rings. The van der Waals surface area contributed by atoms with Crippen LogP contribution in [0.15, 0.2) is 18.3 Å². The molecule has 0 atom stereocenters. The third-order valence-corrected chi connectivity index (χ3v) is 2.68. The standard InChI is InChI=1S/C13H19N5/c1-9(2)6-12-16-13(18(3)17-12)10-4-5-15-11(7-10)8-14/h4-5,7,9H,6,8,14H2,1-3H3. The minimum Gasteiger partial charge on any atom is -0.325 e. The second-order valence-corrected chi connectivity index (χ2v) is 4.81. The zero-order valence-electron chi connectivity index (χ0n) is 11.1. The highest BCUT2D eigenvalue weighted by atomic mass is 15.3. The molecule has 0 spiro atoms. The van der Waals surface area contributed by atoms with Crippen LogP contribution in [0.1, 0.15) is 25.4 Å². The zero-order chi connectivity index (χ0) is 13.1. The van der Waals surface area contributed by atoms with Gasteiger partial charge in [0.25, 0.3) is 0 Å². The first kappa shape index (κ1) is 12.7. The lowest BCUT2D eigenvalue weighted by molar-refractivity contribution is 0.613. The molecule has 5 nitrogen and oxygen atoms in total. The lowest BCUT2D eigenvalue weighted by Gasteiger charge is -2.01. The summed E-state index contributed by atoms with van der Waals surface area (Å²) < 4.78 is 1.81. The lowest BCUT2D eigenvalue weighted by Crippen LogP contribution is -2.00. The third-order valence-electron chi connectivity index (χ3n) is 2.68. The van der Waals surface area contributed by atoms with Crippen molar-refractivity contribution < 1.29 is 0 Å². The van der Waals surface area contributed by atoms with Crippen LogP contribution >= 0.6 is 0 Å². The average Bonchev–Trinajstić information content (AvgIpc) is 2.69. The molecule has 0 saturated heterocycles. The highest BCUT2D eigenvalue weighted by Gasteiger charge is 2.11. The molecular formula is C13H19N5. The van der Waals surface area contributed by atoms with Gasteiger partial charge < -0.3 is 5.73 Å². The molecule has 18 heavy (non-hydrogen) atoms. The monoisotopic (exact) mass is 245 g/mol. The number of pyridine rings is 1. The summed E-state index contributed by atoms with van der Waals surface area (Å²) in [6.07, 6.45) is 2.65. The molecule has 2 rings (SSSR count). The molecule has 2 N–H and O–H groups in total. The van der Waals surface area contributed by atoms with Crippen molar-refractivity contribution in [2.24, 2.45) is 18.7 Å². The molecule has 0 aromatic carbocycles. The number of rotatable bonds is 4. The minimum atomic E-state index is 0.435. The fourth-order valence-electron chi connectivity index (χ4n) is 1.87. The van der Waals surface area contributed by atoms with Crippen molar-refractivity contribution >= 4 is 0 Å². The van der Waals surface area contributed by atoms with E-state index in [-0.39, 0.29) is 0 Å². The number of hydrogen-bond donors (Lipinski definition) is 1. The summed E-state index contributed by atoms with van der Waals surface area (Å²) in [6.45, 7) is 4.76. The quantitative estimate of drug-likeness (QED) is 0.887. The van der Waals surface area contributed by atoms with Gasteiger partial charge in [0.15, 0.2) is 11.6 Å². The summed E-state index contributed by atoms with van der Waals surface area (Å²) in [7, 11) is 1.91. The molecule has 5 heteroatoms. The molecule has 0 aliphatic rings. The largest absolute Gasteiger partial charge is 0.325 e. The van der Waals surface area contributed by atoms with Crippen LogP contribution in [0.4, 0.5) is 0 Å². The fourth-order valence-corrected chi connectivity index (χ4v) is 1.87. The maximum atomic E-state index is 5.60. The van der Waals surface area contributed by atoms with Crippen LogP contribution in [0.3, 0.4) is 0 Å². The number of aryl methyl sites for hydroxylation is 1. The Morgan fingerprint density at radius 3 is 2.83 bits per heavy atom. The van der Waals surface area contributed by atoms with Crippen LogP contribution in [0.25, 0.3) is 11.4 Å². The number of nitrogens with two attached hydrogens (primary N) is 1. The molecule has 0 bridgehead atoms. The Bertz CT molecular complexity index is 530. The summed E-state index contributed by atoms with van der Waals surface area (Å²) >= 11 is 0. The van der Waals surface area contributed by atoms with Crippen LogP contribution in [0, 0.1) is 5.92 Å². The van der Waals surface area contributed by atoms with Crippen LogP contribution in [0.2, 0.25) is 0 Å². The van der Waals surface area contributed by atoms with Gasteiger partial charge in [0, 0.05) is 31.8 Å². The minimum absolute atomic E-state index is 0.435. The van der Waals surface area contributed by atoms with Crippen molar-refractivity contribution in [3.05, 3.63) is 29.8 Å². The van der Waals surface area contributed by atoms with E-state index in [1.807, 2.05) is 23.9 Å². The van der Waals surface area contributed by atoms with Gasteiger partial charge in [-0.2, -0.15) is 5.10 Å². The first-order valence-electron chi connectivity index (χ1n) is 6.15. The van der Waals surface area contributed by atoms with E-state index in [1.165, 1.54) is 0 Å². The van der Waals surface area contributed by atoms with Crippen molar-refractivity contribution in [3.8, 4) is 11.4 Å². The zero-order valence-corrected chi connectivity index (χ0v) is 11.1. The van der Waals surface area contributed by atoms with Gasteiger partial charge in [-0.15, -0.1) is 0 Å². The van der Waals surface area contributed by atoms with Gasteiger partial charge in [0.1, 0.15) is 0 Å². The van der Waals surface area contributed by atoms with E-state index in [0.29, 0.717) is 12.5 Å². The van der Waals surface area contributed by atoms with Crippen molar-refractivity contribution in [3.63, 3.8) is 0 Å². The van der Waals surface area contributed by atoms with Crippen LogP contribution in [-0.2, 0) is 20.0 Å². The summed E-state index contributed by atoms with van der Waals surface area (Å²) in [5, 5.41) is 4.44. The number of hydrogen-bond acceptors (Lipinski definition) is 4. The van der Waals surface area contributed by atoms with E-state index in [2.05, 4.69) is 28.9 Å². The Labute approximate surface area is 107 Å². The molecular weight excluding hydrogens is 226 g/mol. The molecule has 2 aromatic heterocycles. The normalized spacial score (nSPS) is 11.2. The molecule has 0 radical (unpaired) electrons. The fraction of sp³-hybridized carbons (Fsp3) is 0.462. The highest BCUT2D eigenvalue weighted by Crippen LogP contribution is 2.17. The Morgan fingerprint density at radius 1 is 1.39 bits per heavy atom. The predicted octanol–water partition coefficient (Wildman–Crippen LogP) is 1.53. The van der Waals surface area contributed by atoms with Crippen LogP contribution in [0.5, 0.6) is 0 Å². The first-order valence-corrected chi connectivity index (χ1v) is 6.15. The molecule has 0 aliphatic carbocycles. The van der Waals surface area contributed by atoms with E-state index < -0.39 is 0 Å². The maximum Gasteiger partial charge on any atom is 0.158 e. The highest BCUT2D eigenvalue weighted by molar-refractivity contribution is 5.55. The van der Waals surface area contributed by atoms with Crippen molar-refractivity contribution in [1.29, 1.82) is 0 Å². The first-order chi connectivity index (χ1) is 8.60. The molecule has 0 amide bonds. The number of aromatic nitrogens is 4. The SMILES string of the molecule is CC(C)Cc1nc(-c2ccnc(CN)c2)n(C)n1. The van der Waals surface area contributed by atoms with E-state index in [9.17, 15) is 0 Å². The second-order valence-electron chi connectivity index (χ2n) is 4.81. The van der Waals surface area contributed by atoms with Crippen molar-refractivity contribution in [1.82, 2.24) is 19.7 Å². The maximum absolute atomic E-state index is 5.60. The molecule has 0 saturated carbocycles. The topological polar surface area (TPSA) is 69.6 Å². The number of nitrogens with zero attached hydrogens (tertiary/aromatic N) is 4. The molecule has 0 aliphatic heterocycles. The van der Waals surface area contributed by atoms with Gasteiger partial charge >= 0.3 is 0 Å². The molecule has 2 aromatic rings.